The first-order chi connectivity index (χ1) is 15.3. The average Bonchev–Trinajstić information content (AvgIpc) is 3.09. The monoisotopic (exact) mass is 555 g/mol. The highest BCUT2D eigenvalue weighted by molar-refractivity contribution is 9.11. The number of hydrogen-bond acceptors (Lipinski definition) is 4. The van der Waals surface area contributed by atoms with Gasteiger partial charge in [-0.1, -0.05) is 44.2 Å². The quantitative estimate of drug-likeness (QED) is 0.288. The van der Waals surface area contributed by atoms with Gasteiger partial charge in [0.15, 0.2) is 5.75 Å². The Hall–Kier alpha value is -2.64. The number of carbonyl (C=O) groups excluding carboxylic acids is 1. The number of aromatic nitrogens is 2. The molecule has 0 aliphatic heterocycles. The minimum Gasteiger partial charge on any atom is -0.550 e. The van der Waals surface area contributed by atoms with Crippen molar-refractivity contribution >= 4 is 48.9 Å². The number of rotatable bonds is 7. The highest BCUT2D eigenvalue weighted by atomic mass is 79.9. The van der Waals surface area contributed by atoms with Crippen molar-refractivity contribution in [2.45, 2.75) is 32.7 Å². The van der Waals surface area contributed by atoms with Crippen LogP contribution in [0, 0.1) is 0 Å². The van der Waals surface area contributed by atoms with E-state index >= 15 is 0 Å². The lowest BCUT2D eigenvalue weighted by atomic mass is 10.1. The molecule has 4 rings (SSSR count). The van der Waals surface area contributed by atoms with Crippen LogP contribution in [0.25, 0.3) is 11.0 Å². The maximum atomic E-state index is 10.9. The van der Waals surface area contributed by atoms with Crippen LogP contribution in [0.1, 0.15) is 36.7 Å². The van der Waals surface area contributed by atoms with Crippen LogP contribution < -0.4 is 9.84 Å². The van der Waals surface area contributed by atoms with Gasteiger partial charge in [-0.3, -0.25) is 0 Å². The third-order valence-electron chi connectivity index (χ3n) is 5.08. The first-order valence-corrected chi connectivity index (χ1v) is 11.8. The zero-order chi connectivity index (χ0) is 22.8. The fraction of sp³-hybridized carbons (Fsp3) is 0.200. The van der Waals surface area contributed by atoms with Gasteiger partial charge in [-0.05, 0) is 67.3 Å². The number of carboxylic acids is 1. The van der Waals surface area contributed by atoms with E-state index in [4.69, 9.17) is 9.72 Å². The summed E-state index contributed by atoms with van der Waals surface area (Å²) in [4.78, 5) is 15.8. The highest BCUT2D eigenvalue weighted by Crippen LogP contribution is 2.39. The van der Waals surface area contributed by atoms with E-state index in [9.17, 15) is 9.90 Å². The number of carboxylic acid groups (broad SMARTS) is 1. The Kier molecular flexibility index (Phi) is 6.67. The fourth-order valence-corrected chi connectivity index (χ4v) is 5.10. The molecule has 32 heavy (non-hydrogen) atoms. The molecule has 0 amide bonds. The summed E-state index contributed by atoms with van der Waals surface area (Å²) in [6.45, 7) is 5.03. The SMILES string of the molecule is CC(C)c1nc2cc(Oc3c(Br)cc(CC(=O)[O-])cc3Br)ccc2n1Cc1ccccc1. The zero-order valence-corrected chi connectivity index (χ0v) is 20.8. The minimum absolute atomic E-state index is 0.166. The molecule has 7 heteroatoms. The smallest absolute Gasteiger partial charge is 0.155 e. The summed E-state index contributed by atoms with van der Waals surface area (Å²) in [5.41, 5.74) is 3.75. The van der Waals surface area contributed by atoms with Crippen LogP contribution in [0.3, 0.4) is 0 Å². The first-order valence-electron chi connectivity index (χ1n) is 10.2. The number of ether oxygens (including phenoxy) is 1. The van der Waals surface area contributed by atoms with Crippen molar-refractivity contribution in [1.29, 1.82) is 0 Å². The van der Waals surface area contributed by atoms with Crippen LogP contribution in [-0.4, -0.2) is 15.5 Å². The summed E-state index contributed by atoms with van der Waals surface area (Å²) in [7, 11) is 0. The number of benzene rings is 3. The van der Waals surface area contributed by atoms with Crippen molar-refractivity contribution < 1.29 is 14.6 Å². The molecule has 1 heterocycles. The molecule has 3 aromatic carbocycles. The van der Waals surface area contributed by atoms with Gasteiger partial charge in [0.1, 0.15) is 11.6 Å². The Labute approximate surface area is 203 Å². The van der Waals surface area contributed by atoms with Crippen LogP contribution in [0.15, 0.2) is 69.6 Å². The molecule has 0 unspecified atom stereocenters. The van der Waals surface area contributed by atoms with Crippen molar-refractivity contribution in [1.82, 2.24) is 9.55 Å². The van der Waals surface area contributed by atoms with Crippen LogP contribution >= 0.6 is 31.9 Å². The van der Waals surface area contributed by atoms with Crippen molar-refractivity contribution in [2.75, 3.05) is 0 Å². The van der Waals surface area contributed by atoms with E-state index < -0.39 is 5.97 Å². The average molecular weight is 557 g/mol. The van der Waals surface area contributed by atoms with Gasteiger partial charge in [0, 0.05) is 30.9 Å². The van der Waals surface area contributed by atoms with Crippen LogP contribution in [-0.2, 0) is 17.8 Å². The molecular formula is C25H21Br2N2O3-. The number of fused-ring (bicyclic) bond motifs is 1. The van der Waals surface area contributed by atoms with E-state index in [-0.39, 0.29) is 12.3 Å². The predicted molar refractivity (Wildman–Crippen MR) is 130 cm³/mol. The predicted octanol–water partition coefficient (Wildman–Crippen LogP) is 5.82. The zero-order valence-electron chi connectivity index (χ0n) is 17.6. The molecule has 0 aliphatic rings. The second-order valence-corrected chi connectivity index (χ2v) is 9.60. The molecule has 0 fully saturated rings. The summed E-state index contributed by atoms with van der Waals surface area (Å²) >= 11 is 6.96. The second-order valence-electron chi connectivity index (χ2n) is 7.89. The molecule has 0 bridgehead atoms. The van der Waals surface area contributed by atoms with Gasteiger partial charge < -0.3 is 19.2 Å². The normalized spacial score (nSPS) is 11.3. The molecule has 164 valence electrons. The largest absolute Gasteiger partial charge is 0.550 e. The summed E-state index contributed by atoms with van der Waals surface area (Å²) in [6.07, 6.45) is -0.166. The topological polar surface area (TPSA) is 67.2 Å². The molecule has 0 atom stereocenters. The van der Waals surface area contributed by atoms with Gasteiger partial charge in [-0.25, -0.2) is 4.98 Å². The minimum atomic E-state index is -1.13. The van der Waals surface area contributed by atoms with Crippen molar-refractivity contribution in [2.24, 2.45) is 0 Å². The molecule has 4 aromatic rings. The number of halogens is 2. The van der Waals surface area contributed by atoms with Crippen molar-refractivity contribution in [3.05, 3.63) is 86.6 Å². The Balaban J connectivity index is 1.68. The highest BCUT2D eigenvalue weighted by Gasteiger charge is 2.16. The third-order valence-corrected chi connectivity index (χ3v) is 6.25. The van der Waals surface area contributed by atoms with Gasteiger partial charge in [-0.15, -0.1) is 0 Å². The molecule has 0 radical (unpaired) electrons. The molecule has 0 N–H and O–H groups in total. The van der Waals surface area contributed by atoms with Crippen LogP contribution in [0.2, 0.25) is 0 Å². The van der Waals surface area contributed by atoms with E-state index in [1.807, 2.05) is 36.4 Å². The molecule has 0 saturated carbocycles. The Morgan fingerprint density at radius 2 is 1.72 bits per heavy atom. The molecule has 0 aliphatic carbocycles. The number of imidazole rings is 1. The van der Waals surface area contributed by atoms with Gasteiger partial charge in [0.2, 0.25) is 0 Å². The number of nitrogens with zero attached hydrogens (tertiary/aromatic N) is 2. The second kappa shape index (κ2) is 9.46. The first kappa shape index (κ1) is 22.6. The van der Waals surface area contributed by atoms with Crippen molar-refractivity contribution in [3.63, 3.8) is 0 Å². The summed E-state index contributed by atoms with van der Waals surface area (Å²) in [6, 6.07) is 19.7. The molecular weight excluding hydrogens is 536 g/mol. The summed E-state index contributed by atoms with van der Waals surface area (Å²) < 4.78 is 9.69. The van der Waals surface area contributed by atoms with E-state index in [1.54, 1.807) is 12.1 Å². The van der Waals surface area contributed by atoms with E-state index in [0.717, 1.165) is 23.4 Å². The van der Waals surface area contributed by atoms with Gasteiger partial charge in [0.25, 0.3) is 0 Å². The number of aliphatic carboxylic acids is 1. The summed E-state index contributed by atoms with van der Waals surface area (Å²) in [5, 5.41) is 10.9. The molecule has 5 nitrogen and oxygen atoms in total. The third kappa shape index (κ3) is 4.89. The van der Waals surface area contributed by atoms with Crippen LogP contribution in [0.4, 0.5) is 0 Å². The lowest BCUT2D eigenvalue weighted by Gasteiger charge is -2.13. The number of hydrogen-bond donors (Lipinski definition) is 0. The maximum absolute atomic E-state index is 10.9. The van der Waals surface area contributed by atoms with E-state index in [2.05, 4.69) is 62.4 Å². The maximum Gasteiger partial charge on any atom is 0.155 e. The lowest BCUT2D eigenvalue weighted by Crippen LogP contribution is -2.24. The Morgan fingerprint density at radius 3 is 2.34 bits per heavy atom. The number of carbonyl (C=O) groups is 1. The molecule has 0 saturated heterocycles. The van der Waals surface area contributed by atoms with E-state index in [1.165, 1.54) is 5.56 Å². The van der Waals surface area contributed by atoms with Crippen molar-refractivity contribution in [3.8, 4) is 11.5 Å². The standard InChI is InChI=1S/C25H22Br2N2O3/c1-15(2)25-28-21-13-18(8-9-22(21)29(25)14-16-6-4-3-5-7-16)32-24-19(26)10-17(11-20(24)27)12-23(30)31/h3-11,13,15H,12,14H2,1-2H3,(H,30,31)/p-1. The van der Waals surface area contributed by atoms with Gasteiger partial charge in [-0.2, -0.15) is 0 Å². The van der Waals surface area contributed by atoms with Crippen LogP contribution in [0.5, 0.6) is 11.5 Å². The fourth-order valence-electron chi connectivity index (χ4n) is 3.66. The van der Waals surface area contributed by atoms with Gasteiger partial charge in [0.05, 0.1) is 20.0 Å². The van der Waals surface area contributed by atoms with E-state index in [0.29, 0.717) is 26.0 Å². The Bertz CT molecular complexity index is 1260. The Morgan fingerprint density at radius 1 is 1.03 bits per heavy atom. The van der Waals surface area contributed by atoms with Gasteiger partial charge >= 0.3 is 0 Å². The molecule has 1 aromatic heterocycles. The summed E-state index contributed by atoms with van der Waals surface area (Å²) in [5.74, 6) is 1.38. The lowest BCUT2D eigenvalue weighted by molar-refractivity contribution is -0.304. The molecule has 0 spiro atoms.